The standard InChI is InChI=1S/C16H18N2OS/c1-12(2)17-16(20)18-13-7-6-10-15(11-13)19-14-8-4-3-5-9-14/h3-12H,1-2H3,(H2,17,18,20). The number of hydrogen-bond donors (Lipinski definition) is 2. The first-order valence-electron chi connectivity index (χ1n) is 6.54. The normalized spacial score (nSPS) is 10.2. The second-order valence-corrected chi connectivity index (χ2v) is 5.10. The van der Waals surface area contributed by atoms with Crippen LogP contribution in [0.5, 0.6) is 11.5 Å². The van der Waals surface area contributed by atoms with Gasteiger partial charge in [-0.15, -0.1) is 0 Å². The minimum Gasteiger partial charge on any atom is -0.457 e. The third kappa shape index (κ3) is 4.55. The molecule has 0 aliphatic heterocycles. The Labute approximate surface area is 125 Å². The molecule has 3 nitrogen and oxygen atoms in total. The lowest BCUT2D eigenvalue weighted by molar-refractivity contribution is 0.483. The third-order valence-corrected chi connectivity index (χ3v) is 2.71. The van der Waals surface area contributed by atoms with Gasteiger partial charge in [0, 0.05) is 17.8 Å². The molecule has 0 radical (unpaired) electrons. The second-order valence-electron chi connectivity index (χ2n) is 4.70. The van der Waals surface area contributed by atoms with E-state index < -0.39 is 0 Å². The van der Waals surface area contributed by atoms with Crippen LogP contribution in [0.2, 0.25) is 0 Å². The summed E-state index contributed by atoms with van der Waals surface area (Å²) in [4.78, 5) is 0. The number of hydrogen-bond acceptors (Lipinski definition) is 2. The van der Waals surface area contributed by atoms with Gasteiger partial charge in [0.2, 0.25) is 0 Å². The minimum atomic E-state index is 0.304. The van der Waals surface area contributed by atoms with Crippen LogP contribution in [-0.4, -0.2) is 11.2 Å². The zero-order valence-electron chi connectivity index (χ0n) is 11.6. The topological polar surface area (TPSA) is 33.3 Å². The number of nitrogens with one attached hydrogen (secondary N) is 2. The van der Waals surface area contributed by atoms with Gasteiger partial charge >= 0.3 is 0 Å². The molecular weight excluding hydrogens is 268 g/mol. The van der Waals surface area contributed by atoms with E-state index in [0.717, 1.165) is 17.2 Å². The highest BCUT2D eigenvalue weighted by Gasteiger charge is 2.02. The van der Waals surface area contributed by atoms with Crippen LogP contribution >= 0.6 is 12.2 Å². The molecule has 4 heteroatoms. The van der Waals surface area contributed by atoms with E-state index in [9.17, 15) is 0 Å². The fourth-order valence-electron chi connectivity index (χ4n) is 1.69. The van der Waals surface area contributed by atoms with E-state index in [1.165, 1.54) is 0 Å². The Bertz CT molecular complexity index is 570. The summed E-state index contributed by atoms with van der Waals surface area (Å²) in [7, 11) is 0. The smallest absolute Gasteiger partial charge is 0.170 e. The van der Waals surface area contributed by atoms with Crippen molar-refractivity contribution in [3.05, 3.63) is 54.6 Å². The lowest BCUT2D eigenvalue weighted by atomic mass is 10.3. The maximum absolute atomic E-state index is 5.78. The van der Waals surface area contributed by atoms with Gasteiger partial charge in [-0.1, -0.05) is 24.3 Å². The number of thiocarbonyl (C=S) groups is 1. The van der Waals surface area contributed by atoms with Crippen LogP contribution in [0.4, 0.5) is 5.69 Å². The molecule has 2 aromatic carbocycles. The predicted molar refractivity (Wildman–Crippen MR) is 87.5 cm³/mol. The first-order valence-corrected chi connectivity index (χ1v) is 6.95. The number of ether oxygens (including phenoxy) is 1. The molecular formula is C16H18N2OS. The molecule has 0 saturated carbocycles. The van der Waals surface area contributed by atoms with E-state index in [0.29, 0.717) is 11.2 Å². The van der Waals surface area contributed by atoms with Crippen LogP contribution in [0.25, 0.3) is 0 Å². The fourth-order valence-corrected chi connectivity index (χ4v) is 2.04. The van der Waals surface area contributed by atoms with Crippen molar-refractivity contribution in [2.24, 2.45) is 0 Å². The third-order valence-electron chi connectivity index (χ3n) is 2.49. The summed E-state index contributed by atoms with van der Waals surface area (Å²) in [6, 6.07) is 17.7. The largest absolute Gasteiger partial charge is 0.457 e. The molecule has 0 bridgehead atoms. The number of para-hydroxylation sites is 1. The molecule has 0 heterocycles. The van der Waals surface area contributed by atoms with E-state index in [1.807, 2.05) is 68.4 Å². The van der Waals surface area contributed by atoms with E-state index in [4.69, 9.17) is 17.0 Å². The molecule has 20 heavy (non-hydrogen) atoms. The SMILES string of the molecule is CC(C)NC(=S)Nc1cccc(Oc2ccccc2)c1. The molecule has 0 fully saturated rings. The van der Waals surface area contributed by atoms with Crippen molar-refractivity contribution in [2.45, 2.75) is 19.9 Å². The molecule has 0 amide bonds. The molecule has 2 N–H and O–H groups in total. The Balaban J connectivity index is 2.03. The summed E-state index contributed by atoms with van der Waals surface area (Å²) in [5.74, 6) is 1.58. The zero-order chi connectivity index (χ0) is 14.4. The average Bonchev–Trinajstić information content (AvgIpc) is 2.39. The maximum Gasteiger partial charge on any atom is 0.170 e. The van der Waals surface area contributed by atoms with Gasteiger partial charge in [-0.05, 0) is 50.3 Å². The summed E-state index contributed by atoms with van der Waals surface area (Å²) in [5.41, 5.74) is 0.900. The van der Waals surface area contributed by atoms with Gasteiger partial charge in [-0.2, -0.15) is 0 Å². The molecule has 0 saturated heterocycles. The summed E-state index contributed by atoms with van der Waals surface area (Å²) >= 11 is 5.22. The van der Waals surface area contributed by atoms with E-state index in [2.05, 4.69) is 10.6 Å². The highest BCUT2D eigenvalue weighted by atomic mass is 32.1. The molecule has 0 unspecified atom stereocenters. The molecule has 0 atom stereocenters. The van der Waals surface area contributed by atoms with E-state index in [1.54, 1.807) is 0 Å². The van der Waals surface area contributed by atoms with Crippen LogP contribution in [0.3, 0.4) is 0 Å². The predicted octanol–water partition coefficient (Wildman–Crippen LogP) is 4.17. The van der Waals surface area contributed by atoms with Gasteiger partial charge in [0.25, 0.3) is 0 Å². The van der Waals surface area contributed by atoms with Crippen molar-refractivity contribution in [2.75, 3.05) is 5.32 Å². The Morgan fingerprint density at radius 1 is 1.00 bits per heavy atom. The van der Waals surface area contributed by atoms with Crippen molar-refractivity contribution in [3.8, 4) is 11.5 Å². The summed E-state index contributed by atoms with van der Waals surface area (Å²) < 4.78 is 5.78. The highest BCUT2D eigenvalue weighted by molar-refractivity contribution is 7.80. The van der Waals surface area contributed by atoms with Crippen molar-refractivity contribution in [3.63, 3.8) is 0 Å². The Morgan fingerprint density at radius 2 is 1.70 bits per heavy atom. The Kier molecular flexibility index (Phi) is 4.96. The molecule has 2 rings (SSSR count). The van der Waals surface area contributed by atoms with Crippen LogP contribution in [-0.2, 0) is 0 Å². The molecule has 104 valence electrons. The van der Waals surface area contributed by atoms with Crippen LogP contribution in [0.15, 0.2) is 54.6 Å². The van der Waals surface area contributed by atoms with Gasteiger partial charge in [0.05, 0.1) is 0 Å². The minimum absolute atomic E-state index is 0.304. The molecule has 2 aromatic rings. The first-order chi connectivity index (χ1) is 9.63. The summed E-state index contributed by atoms with van der Waals surface area (Å²) in [6.07, 6.45) is 0. The van der Waals surface area contributed by atoms with Gasteiger partial charge in [0.15, 0.2) is 5.11 Å². The summed E-state index contributed by atoms with van der Waals surface area (Å²) in [5, 5.41) is 6.89. The lowest BCUT2D eigenvalue weighted by Crippen LogP contribution is -2.33. The maximum atomic E-state index is 5.78. The lowest BCUT2D eigenvalue weighted by Gasteiger charge is -2.14. The van der Waals surface area contributed by atoms with Crippen molar-refractivity contribution < 1.29 is 4.74 Å². The summed E-state index contributed by atoms with van der Waals surface area (Å²) in [6.45, 7) is 4.09. The molecule has 0 aliphatic rings. The highest BCUT2D eigenvalue weighted by Crippen LogP contribution is 2.23. The molecule has 0 aromatic heterocycles. The van der Waals surface area contributed by atoms with Gasteiger partial charge in [-0.3, -0.25) is 0 Å². The van der Waals surface area contributed by atoms with Gasteiger partial charge in [-0.25, -0.2) is 0 Å². The van der Waals surface area contributed by atoms with E-state index in [-0.39, 0.29) is 0 Å². The van der Waals surface area contributed by atoms with Gasteiger partial charge < -0.3 is 15.4 Å². The average molecular weight is 286 g/mol. The van der Waals surface area contributed by atoms with Crippen LogP contribution in [0.1, 0.15) is 13.8 Å². The number of anilines is 1. The number of rotatable bonds is 4. The monoisotopic (exact) mass is 286 g/mol. The fraction of sp³-hybridized carbons (Fsp3) is 0.188. The van der Waals surface area contributed by atoms with Crippen molar-refractivity contribution in [1.29, 1.82) is 0 Å². The second kappa shape index (κ2) is 6.91. The first kappa shape index (κ1) is 14.3. The van der Waals surface area contributed by atoms with Crippen LogP contribution in [0, 0.1) is 0 Å². The van der Waals surface area contributed by atoms with Gasteiger partial charge in [0.1, 0.15) is 11.5 Å². The van der Waals surface area contributed by atoms with E-state index >= 15 is 0 Å². The zero-order valence-corrected chi connectivity index (χ0v) is 12.4. The molecule has 0 aliphatic carbocycles. The van der Waals surface area contributed by atoms with Crippen LogP contribution < -0.4 is 15.4 Å². The quantitative estimate of drug-likeness (QED) is 0.826. The number of benzene rings is 2. The Morgan fingerprint density at radius 3 is 2.40 bits per heavy atom. The van der Waals surface area contributed by atoms with Crippen molar-refractivity contribution in [1.82, 2.24) is 5.32 Å². The van der Waals surface area contributed by atoms with Crippen molar-refractivity contribution >= 4 is 23.0 Å². The molecule has 0 spiro atoms. The Hall–Kier alpha value is -2.07.